The molecule has 0 aromatic carbocycles. The second kappa shape index (κ2) is 8.68. The fourth-order valence-electron chi connectivity index (χ4n) is 2.69. The van der Waals surface area contributed by atoms with Gasteiger partial charge in [0.15, 0.2) is 0 Å². The van der Waals surface area contributed by atoms with Gasteiger partial charge in [0.25, 0.3) is 0 Å². The molecule has 1 heterocycles. The summed E-state index contributed by atoms with van der Waals surface area (Å²) in [5.74, 6) is 1.90. The maximum Gasteiger partial charge on any atom is 0.133 e. The summed E-state index contributed by atoms with van der Waals surface area (Å²) < 4.78 is 0. The van der Waals surface area contributed by atoms with Crippen molar-refractivity contribution < 1.29 is 4.79 Å². The van der Waals surface area contributed by atoms with Crippen LogP contribution in [0, 0.1) is 11.8 Å². The smallest absolute Gasteiger partial charge is 0.133 e. The highest BCUT2D eigenvalue weighted by molar-refractivity contribution is 5.78. The fraction of sp³-hybridized carbons (Fsp3) is 0.933. The molecule has 2 atom stereocenters. The molecule has 0 radical (unpaired) electrons. The highest BCUT2D eigenvalue weighted by Gasteiger charge is 2.17. The summed E-state index contributed by atoms with van der Waals surface area (Å²) in [5.41, 5.74) is 0. The van der Waals surface area contributed by atoms with Crippen LogP contribution in [0.25, 0.3) is 0 Å². The van der Waals surface area contributed by atoms with Gasteiger partial charge in [-0.3, -0.25) is 4.79 Å². The Kier molecular flexibility index (Phi) is 7.50. The topological polar surface area (TPSA) is 29.1 Å². The third-order valence-corrected chi connectivity index (χ3v) is 4.05. The number of nitrogens with one attached hydrogen (secondary N) is 1. The van der Waals surface area contributed by atoms with Gasteiger partial charge in [-0.1, -0.05) is 39.5 Å². The van der Waals surface area contributed by atoms with E-state index < -0.39 is 0 Å². The van der Waals surface area contributed by atoms with E-state index in [0.717, 1.165) is 44.7 Å². The van der Waals surface area contributed by atoms with E-state index >= 15 is 0 Å². The maximum absolute atomic E-state index is 11.9. The molecule has 2 nitrogen and oxygen atoms in total. The van der Waals surface area contributed by atoms with E-state index in [1.165, 1.54) is 25.7 Å². The summed E-state index contributed by atoms with van der Waals surface area (Å²) in [6.07, 6.45) is 8.94. The first-order valence-electron chi connectivity index (χ1n) is 7.48. The minimum atomic E-state index is 0.500. The van der Waals surface area contributed by atoms with E-state index in [-0.39, 0.29) is 0 Å². The Morgan fingerprint density at radius 3 is 2.82 bits per heavy atom. The highest BCUT2D eigenvalue weighted by atomic mass is 16.1. The Morgan fingerprint density at radius 2 is 2.24 bits per heavy atom. The first-order valence-corrected chi connectivity index (χ1v) is 7.48. The molecule has 100 valence electrons. The molecule has 0 bridgehead atoms. The second-order valence-corrected chi connectivity index (χ2v) is 5.56. The average Bonchev–Trinajstić information content (AvgIpc) is 2.85. The van der Waals surface area contributed by atoms with Crippen LogP contribution in [0.5, 0.6) is 0 Å². The lowest BCUT2D eigenvalue weighted by atomic mass is 9.91. The maximum atomic E-state index is 11.9. The van der Waals surface area contributed by atoms with Crippen LogP contribution in [0.2, 0.25) is 0 Å². The van der Waals surface area contributed by atoms with E-state index in [9.17, 15) is 4.79 Å². The molecule has 2 unspecified atom stereocenters. The third kappa shape index (κ3) is 6.21. The first kappa shape index (κ1) is 14.7. The molecule has 0 aromatic rings. The van der Waals surface area contributed by atoms with Gasteiger partial charge in [0.05, 0.1) is 0 Å². The van der Waals surface area contributed by atoms with Crippen molar-refractivity contribution in [1.29, 1.82) is 0 Å². The van der Waals surface area contributed by atoms with Gasteiger partial charge < -0.3 is 5.32 Å². The standard InChI is InChI=1S/C15H29NO/c1-3-5-6-13(4-2)11-15(17)8-7-14-9-10-16-12-14/h13-14,16H,3-12H2,1-2H3. The summed E-state index contributed by atoms with van der Waals surface area (Å²) >= 11 is 0. The molecule has 1 rings (SSSR count). The molecule has 0 spiro atoms. The van der Waals surface area contributed by atoms with Gasteiger partial charge in [0.1, 0.15) is 5.78 Å². The average molecular weight is 239 g/mol. The normalized spacial score (nSPS) is 21.6. The van der Waals surface area contributed by atoms with Crippen LogP contribution in [-0.2, 0) is 4.79 Å². The SMILES string of the molecule is CCCCC(CC)CC(=O)CCC1CCNC1. The highest BCUT2D eigenvalue weighted by Crippen LogP contribution is 2.20. The van der Waals surface area contributed by atoms with Crippen LogP contribution in [0.15, 0.2) is 0 Å². The van der Waals surface area contributed by atoms with Gasteiger partial charge in [0, 0.05) is 12.8 Å². The minimum absolute atomic E-state index is 0.500. The zero-order valence-corrected chi connectivity index (χ0v) is 11.6. The number of unbranched alkanes of at least 4 members (excludes halogenated alkanes) is 1. The van der Waals surface area contributed by atoms with E-state index in [1.807, 2.05) is 0 Å². The van der Waals surface area contributed by atoms with Crippen molar-refractivity contribution >= 4 is 5.78 Å². The number of carbonyl (C=O) groups excluding carboxylic acids is 1. The Bertz CT molecular complexity index is 209. The molecule has 1 aliphatic rings. The lowest BCUT2D eigenvalue weighted by molar-refractivity contribution is -0.120. The molecular weight excluding hydrogens is 210 g/mol. The van der Waals surface area contributed by atoms with Crippen molar-refractivity contribution in [1.82, 2.24) is 5.32 Å². The Hall–Kier alpha value is -0.370. The molecule has 0 aliphatic carbocycles. The molecular formula is C15H29NO. The summed E-state index contributed by atoms with van der Waals surface area (Å²) in [7, 11) is 0. The molecule has 1 aliphatic heterocycles. The van der Waals surface area contributed by atoms with Crippen LogP contribution in [0.3, 0.4) is 0 Å². The number of Topliss-reactive ketones (excluding diaryl/α,β-unsaturated/α-hetero) is 1. The molecule has 1 fully saturated rings. The van der Waals surface area contributed by atoms with Crippen LogP contribution < -0.4 is 5.32 Å². The molecule has 1 saturated heterocycles. The largest absolute Gasteiger partial charge is 0.316 e. The predicted molar refractivity (Wildman–Crippen MR) is 73.1 cm³/mol. The van der Waals surface area contributed by atoms with E-state index in [2.05, 4.69) is 19.2 Å². The van der Waals surface area contributed by atoms with Gasteiger partial charge in [-0.05, 0) is 37.8 Å². The first-order chi connectivity index (χ1) is 8.26. The van der Waals surface area contributed by atoms with Gasteiger partial charge >= 0.3 is 0 Å². The quantitative estimate of drug-likeness (QED) is 0.666. The Balaban J connectivity index is 2.12. The number of hydrogen-bond donors (Lipinski definition) is 1. The summed E-state index contributed by atoms with van der Waals surface area (Å²) in [4.78, 5) is 11.9. The van der Waals surface area contributed by atoms with E-state index in [4.69, 9.17) is 0 Å². The third-order valence-electron chi connectivity index (χ3n) is 4.05. The molecule has 2 heteroatoms. The van der Waals surface area contributed by atoms with Crippen molar-refractivity contribution in [2.24, 2.45) is 11.8 Å². The van der Waals surface area contributed by atoms with Gasteiger partial charge in [-0.25, -0.2) is 0 Å². The van der Waals surface area contributed by atoms with Crippen LogP contribution in [-0.4, -0.2) is 18.9 Å². The van der Waals surface area contributed by atoms with Gasteiger partial charge in [-0.15, -0.1) is 0 Å². The van der Waals surface area contributed by atoms with Crippen LogP contribution >= 0.6 is 0 Å². The zero-order valence-electron chi connectivity index (χ0n) is 11.6. The summed E-state index contributed by atoms with van der Waals surface area (Å²) in [6.45, 7) is 6.71. The zero-order chi connectivity index (χ0) is 12.5. The van der Waals surface area contributed by atoms with Gasteiger partial charge in [-0.2, -0.15) is 0 Å². The van der Waals surface area contributed by atoms with Crippen molar-refractivity contribution in [3.8, 4) is 0 Å². The van der Waals surface area contributed by atoms with E-state index in [1.54, 1.807) is 0 Å². The second-order valence-electron chi connectivity index (χ2n) is 5.56. The summed E-state index contributed by atoms with van der Waals surface area (Å²) in [5, 5.41) is 3.36. The number of rotatable bonds is 9. The molecule has 17 heavy (non-hydrogen) atoms. The predicted octanol–water partition coefficient (Wildman–Crippen LogP) is 3.55. The lowest BCUT2D eigenvalue weighted by Gasteiger charge is -2.14. The molecule has 0 saturated carbocycles. The lowest BCUT2D eigenvalue weighted by Crippen LogP contribution is -2.12. The molecule has 0 amide bonds. The Labute approximate surface area is 107 Å². The molecule has 1 N–H and O–H groups in total. The minimum Gasteiger partial charge on any atom is -0.316 e. The number of hydrogen-bond acceptors (Lipinski definition) is 2. The summed E-state index contributed by atoms with van der Waals surface area (Å²) in [6, 6.07) is 0. The van der Waals surface area contributed by atoms with Crippen molar-refractivity contribution in [2.45, 2.75) is 65.2 Å². The van der Waals surface area contributed by atoms with E-state index in [0.29, 0.717) is 11.7 Å². The Morgan fingerprint density at radius 1 is 1.41 bits per heavy atom. The monoisotopic (exact) mass is 239 g/mol. The molecule has 0 aromatic heterocycles. The number of carbonyl (C=O) groups is 1. The number of ketones is 1. The van der Waals surface area contributed by atoms with Crippen molar-refractivity contribution in [3.63, 3.8) is 0 Å². The van der Waals surface area contributed by atoms with Crippen molar-refractivity contribution in [3.05, 3.63) is 0 Å². The van der Waals surface area contributed by atoms with Crippen LogP contribution in [0.1, 0.15) is 65.2 Å². The van der Waals surface area contributed by atoms with Crippen molar-refractivity contribution in [2.75, 3.05) is 13.1 Å². The van der Waals surface area contributed by atoms with Gasteiger partial charge in [0.2, 0.25) is 0 Å². The fourth-order valence-corrected chi connectivity index (χ4v) is 2.69. The van der Waals surface area contributed by atoms with Crippen LogP contribution in [0.4, 0.5) is 0 Å².